The second-order valence-electron chi connectivity index (χ2n) is 4.67. The van der Waals surface area contributed by atoms with Gasteiger partial charge in [-0.25, -0.2) is 9.78 Å². The molecule has 0 spiro atoms. The van der Waals surface area contributed by atoms with Crippen molar-refractivity contribution in [1.82, 2.24) is 4.98 Å². The van der Waals surface area contributed by atoms with Gasteiger partial charge in [-0.3, -0.25) is 0 Å². The predicted molar refractivity (Wildman–Crippen MR) is 68.7 cm³/mol. The van der Waals surface area contributed by atoms with E-state index in [-0.39, 0.29) is 5.69 Å². The van der Waals surface area contributed by atoms with Crippen LogP contribution in [0.4, 0.5) is 5.13 Å². The summed E-state index contributed by atoms with van der Waals surface area (Å²) >= 11 is 1.37. The minimum atomic E-state index is -0.959. The molecule has 1 aromatic rings. The molecule has 0 aliphatic heterocycles. The van der Waals surface area contributed by atoms with Crippen LogP contribution in [-0.4, -0.2) is 22.1 Å². The average Bonchev–Trinajstić information content (AvgIpc) is 2.79. The van der Waals surface area contributed by atoms with Gasteiger partial charge in [0.15, 0.2) is 10.8 Å². The van der Waals surface area contributed by atoms with E-state index >= 15 is 0 Å². The van der Waals surface area contributed by atoms with Gasteiger partial charge in [-0.15, -0.1) is 11.3 Å². The first-order chi connectivity index (χ1) is 8.16. The zero-order valence-electron chi connectivity index (χ0n) is 9.98. The molecule has 1 heterocycles. The average molecular weight is 254 g/mol. The van der Waals surface area contributed by atoms with Gasteiger partial charge in [-0.05, 0) is 25.7 Å². The Bertz CT molecular complexity index is 386. The van der Waals surface area contributed by atoms with E-state index < -0.39 is 5.97 Å². The molecule has 0 bridgehead atoms. The van der Waals surface area contributed by atoms with Crippen molar-refractivity contribution in [3.8, 4) is 0 Å². The van der Waals surface area contributed by atoms with Crippen molar-refractivity contribution in [2.24, 2.45) is 5.92 Å². The number of carbonyl (C=O) groups is 1. The number of hydrogen-bond donors (Lipinski definition) is 2. The lowest BCUT2D eigenvalue weighted by Crippen LogP contribution is -2.27. The summed E-state index contributed by atoms with van der Waals surface area (Å²) in [6.45, 7) is 2.16. The smallest absolute Gasteiger partial charge is 0.355 e. The van der Waals surface area contributed by atoms with Crippen molar-refractivity contribution in [3.63, 3.8) is 0 Å². The largest absolute Gasteiger partial charge is 0.476 e. The van der Waals surface area contributed by atoms with E-state index in [1.54, 1.807) is 5.38 Å². The van der Waals surface area contributed by atoms with Gasteiger partial charge in [0.2, 0.25) is 0 Å². The monoisotopic (exact) mass is 254 g/mol. The number of rotatable bonds is 4. The van der Waals surface area contributed by atoms with Crippen LogP contribution in [0.3, 0.4) is 0 Å². The third kappa shape index (κ3) is 3.19. The Morgan fingerprint density at radius 1 is 1.53 bits per heavy atom. The van der Waals surface area contributed by atoms with Crippen LogP contribution in [0.5, 0.6) is 0 Å². The molecule has 0 radical (unpaired) electrons. The van der Waals surface area contributed by atoms with Crippen LogP contribution in [-0.2, 0) is 0 Å². The molecule has 1 aromatic heterocycles. The Morgan fingerprint density at radius 2 is 2.24 bits per heavy atom. The Balaban J connectivity index is 1.92. The third-order valence-electron chi connectivity index (χ3n) is 3.43. The minimum absolute atomic E-state index is 0.133. The molecule has 0 aromatic carbocycles. The third-order valence-corrected chi connectivity index (χ3v) is 4.20. The van der Waals surface area contributed by atoms with Gasteiger partial charge < -0.3 is 10.4 Å². The van der Waals surface area contributed by atoms with Crippen LogP contribution in [0.25, 0.3) is 0 Å². The molecule has 1 atom stereocenters. The zero-order chi connectivity index (χ0) is 12.3. The lowest BCUT2D eigenvalue weighted by molar-refractivity contribution is 0.0691. The molecule has 1 fully saturated rings. The fraction of sp³-hybridized carbons (Fsp3) is 0.667. The topological polar surface area (TPSA) is 62.2 Å². The number of carboxylic acids is 1. The Labute approximate surface area is 105 Å². The highest BCUT2D eigenvalue weighted by molar-refractivity contribution is 7.13. The van der Waals surface area contributed by atoms with Gasteiger partial charge in [0.1, 0.15) is 0 Å². The Hall–Kier alpha value is -1.10. The summed E-state index contributed by atoms with van der Waals surface area (Å²) in [7, 11) is 0. The number of aromatic carboxylic acids is 1. The molecule has 2 rings (SSSR count). The molecule has 2 N–H and O–H groups in total. The number of thiazole rings is 1. The van der Waals surface area contributed by atoms with Gasteiger partial charge in [-0.2, -0.15) is 0 Å². The molecule has 0 amide bonds. The summed E-state index contributed by atoms with van der Waals surface area (Å²) in [5.41, 5.74) is 0.133. The fourth-order valence-corrected chi connectivity index (χ4v) is 3.17. The standard InChI is InChI=1S/C12H18N2O2S/c1-8(9-5-3-2-4-6-9)13-12-14-10(7-17-12)11(15)16/h7-9H,2-6H2,1H3,(H,13,14)(H,15,16). The van der Waals surface area contributed by atoms with Crippen molar-refractivity contribution in [3.05, 3.63) is 11.1 Å². The van der Waals surface area contributed by atoms with E-state index in [4.69, 9.17) is 5.11 Å². The highest BCUT2D eigenvalue weighted by atomic mass is 32.1. The lowest BCUT2D eigenvalue weighted by atomic mass is 9.85. The zero-order valence-corrected chi connectivity index (χ0v) is 10.8. The molecule has 1 aliphatic carbocycles. The molecule has 17 heavy (non-hydrogen) atoms. The van der Waals surface area contributed by atoms with E-state index in [9.17, 15) is 4.79 Å². The van der Waals surface area contributed by atoms with E-state index in [0.717, 1.165) is 5.13 Å². The highest BCUT2D eigenvalue weighted by Gasteiger charge is 2.21. The second-order valence-corrected chi connectivity index (χ2v) is 5.53. The number of hydrogen-bond acceptors (Lipinski definition) is 4. The van der Waals surface area contributed by atoms with Gasteiger partial charge in [-0.1, -0.05) is 19.3 Å². The molecular formula is C12H18N2O2S. The van der Waals surface area contributed by atoms with E-state index in [1.807, 2.05) is 0 Å². The van der Waals surface area contributed by atoms with Crippen LogP contribution in [0.2, 0.25) is 0 Å². The Morgan fingerprint density at radius 3 is 2.82 bits per heavy atom. The summed E-state index contributed by atoms with van der Waals surface area (Å²) in [4.78, 5) is 14.8. The molecule has 94 valence electrons. The molecule has 1 unspecified atom stereocenters. The van der Waals surface area contributed by atoms with Gasteiger partial charge in [0, 0.05) is 11.4 Å². The maximum atomic E-state index is 10.7. The predicted octanol–water partition coefficient (Wildman–Crippen LogP) is 3.22. The van der Waals surface area contributed by atoms with Crippen LogP contribution in [0, 0.1) is 5.92 Å². The first-order valence-electron chi connectivity index (χ1n) is 6.12. The Kier molecular flexibility index (Phi) is 3.99. The van der Waals surface area contributed by atoms with Crippen molar-refractivity contribution in [2.45, 2.75) is 45.1 Å². The van der Waals surface area contributed by atoms with Crippen molar-refractivity contribution < 1.29 is 9.90 Å². The molecule has 1 aliphatic rings. The number of nitrogens with one attached hydrogen (secondary N) is 1. The maximum Gasteiger partial charge on any atom is 0.355 e. The molecular weight excluding hydrogens is 236 g/mol. The molecule has 0 saturated heterocycles. The number of aromatic nitrogens is 1. The van der Waals surface area contributed by atoms with E-state index in [0.29, 0.717) is 12.0 Å². The maximum absolute atomic E-state index is 10.7. The van der Waals surface area contributed by atoms with Crippen LogP contribution in [0.1, 0.15) is 49.5 Å². The summed E-state index contributed by atoms with van der Waals surface area (Å²) in [5, 5.41) is 14.4. The van der Waals surface area contributed by atoms with Gasteiger partial charge >= 0.3 is 5.97 Å². The molecule has 1 saturated carbocycles. The number of nitrogens with zero attached hydrogens (tertiary/aromatic N) is 1. The van der Waals surface area contributed by atoms with E-state index in [2.05, 4.69) is 17.2 Å². The summed E-state index contributed by atoms with van der Waals surface area (Å²) < 4.78 is 0. The summed E-state index contributed by atoms with van der Waals surface area (Å²) in [6.07, 6.45) is 6.52. The first kappa shape index (κ1) is 12.4. The summed E-state index contributed by atoms with van der Waals surface area (Å²) in [6, 6.07) is 0.378. The molecule has 4 nitrogen and oxygen atoms in total. The normalized spacial score (nSPS) is 18.9. The SMILES string of the molecule is CC(Nc1nc(C(=O)O)cs1)C1CCCCC1. The second kappa shape index (κ2) is 5.49. The van der Waals surface area contributed by atoms with Gasteiger partial charge in [0.25, 0.3) is 0 Å². The van der Waals surface area contributed by atoms with Crippen LogP contribution in [0.15, 0.2) is 5.38 Å². The quantitative estimate of drug-likeness (QED) is 0.866. The van der Waals surface area contributed by atoms with Crippen LogP contribution >= 0.6 is 11.3 Å². The minimum Gasteiger partial charge on any atom is -0.476 e. The van der Waals surface area contributed by atoms with E-state index in [1.165, 1.54) is 43.4 Å². The number of carboxylic acid groups (broad SMARTS) is 1. The van der Waals surface area contributed by atoms with Crippen molar-refractivity contribution in [1.29, 1.82) is 0 Å². The first-order valence-corrected chi connectivity index (χ1v) is 7.00. The van der Waals surface area contributed by atoms with Crippen LogP contribution < -0.4 is 5.32 Å². The number of anilines is 1. The lowest BCUT2D eigenvalue weighted by Gasteiger charge is -2.28. The highest BCUT2D eigenvalue weighted by Crippen LogP contribution is 2.28. The van der Waals surface area contributed by atoms with Crippen molar-refractivity contribution in [2.75, 3.05) is 5.32 Å². The van der Waals surface area contributed by atoms with Crippen molar-refractivity contribution >= 4 is 22.4 Å². The summed E-state index contributed by atoms with van der Waals surface area (Å²) in [5.74, 6) is -0.263. The fourth-order valence-electron chi connectivity index (χ4n) is 2.39. The van der Waals surface area contributed by atoms with Gasteiger partial charge in [0.05, 0.1) is 0 Å². The molecule has 5 heteroatoms.